The van der Waals surface area contributed by atoms with Crippen LogP contribution in [0, 0.1) is 0 Å². The lowest BCUT2D eigenvalue weighted by Gasteiger charge is -2.37. The molecule has 0 aromatic carbocycles. The summed E-state index contributed by atoms with van der Waals surface area (Å²) in [5.74, 6) is -1.56. The van der Waals surface area contributed by atoms with Crippen molar-refractivity contribution in [2.45, 2.75) is 45.2 Å². The van der Waals surface area contributed by atoms with Gasteiger partial charge in [0.2, 0.25) is 15.9 Å². The molecule has 8 heteroatoms. The quantitative estimate of drug-likeness (QED) is 0.796. The Morgan fingerprint density at radius 2 is 1.90 bits per heavy atom. The van der Waals surface area contributed by atoms with E-state index >= 15 is 0 Å². The van der Waals surface area contributed by atoms with Crippen LogP contribution >= 0.6 is 0 Å². The number of carboxylic acid groups (broad SMARTS) is 1. The Bertz CT molecular complexity index is 494. The van der Waals surface area contributed by atoms with Crippen molar-refractivity contribution in [3.8, 4) is 0 Å². The predicted molar refractivity (Wildman–Crippen MR) is 73.7 cm³/mol. The molecule has 0 aromatic rings. The third-order valence-corrected chi connectivity index (χ3v) is 4.57. The summed E-state index contributed by atoms with van der Waals surface area (Å²) in [5.41, 5.74) is -0.679. The Balaban J connectivity index is 3.03. The molecule has 1 saturated heterocycles. The van der Waals surface area contributed by atoms with Gasteiger partial charge >= 0.3 is 5.97 Å². The molecule has 1 amide bonds. The molecule has 1 N–H and O–H groups in total. The molecule has 0 saturated carbocycles. The van der Waals surface area contributed by atoms with Crippen LogP contribution in [0.15, 0.2) is 0 Å². The molecule has 1 fully saturated rings. The van der Waals surface area contributed by atoms with Gasteiger partial charge in [0.1, 0.15) is 12.6 Å². The van der Waals surface area contributed by atoms with E-state index in [0.717, 1.165) is 10.6 Å². The van der Waals surface area contributed by atoms with Gasteiger partial charge < -0.3 is 10.0 Å². The Labute approximate surface area is 119 Å². The number of rotatable bonds is 4. The molecule has 1 atom stereocenters. The van der Waals surface area contributed by atoms with Gasteiger partial charge in [-0.1, -0.05) is 0 Å². The molecule has 0 spiro atoms. The summed E-state index contributed by atoms with van der Waals surface area (Å²) in [4.78, 5) is 24.7. The fourth-order valence-electron chi connectivity index (χ4n) is 2.34. The second-order valence-corrected chi connectivity index (χ2v) is 7.96. The first-order chi connectivity index (χ1) is 8.94. The largest absolute Gasteiger partial charge is 0.480 e. The van der Waals surface area contributed by atoms with E-state index in [1.165, 1.54) is 4.90 Å². The summed E-state index contributed by atoms with van der Waals surface area (Å²) >= 11 is 0. The van der Waals surface area contributed by atoms with Gasteiger partial charge in [0, 0.05) is 12.1 Å². The maximum Gasteiger partial charge on any atom is 0.323 e. The van der Waals surface area contributed by atoms with E-state index < -0.39 is 40.0 Å². The molecular formula is C12H22N2O5S. The molecule has 1 rings (SSSR count). The standard InChI is InChI=1S/C12H22N2O5S/c1-12(2,3)13(8-10(15)16)11(17)9-6-5-7-14(9)20(4,18)19/h9H,5-8H2,1-4H3,(H,15,16). The van der Waals surface area contributed by atoms with Crippen molar-refractivity contribution < 1.29 is 23.1 Å². The van der Waals surface area contributed by atoms with Crippen LogP contribution in [0.3, 0.4) is 0 Å². The summed E-state index contributed by atoms with van der Waals surface area (Å²) in [6.07, 6.45) is 2.10. The molecule has 7 nitrogen and oxygen atoms in total. The second-order valence-electron chi connectivity index (χ2n) is 6.02. The summed E-state index contributed by atoms with van der Waals surface area (Å²) in [6, 6.07) is -0.788. The van der Waals surface area contributed by atoms with Crippen LogP contribution in [0.2, 0.25) is 0 Å². The average Bonchev–Trinajstić information content (AvgIpc) is 2.71. The molecule has 1 aliphatic heterocycles. The van der Waals surface area contributed by atoms with Crippen molar-refractivity contribution in [2.75, 3.05) is 19.3 Å². The monoisotopic (exact) mass is 306 g/mol. The van der Waals surface area contributed by atoms with Crippen LogP contribution in [0.5, 0.6) is 0 Å². The summed E-state index contributed by atoms with van der Waals surface area (Å²) in [7, 11) is -3.47. The van der Waals surface area contributed by atoms with E-state index in [2.05, 4.69) is 0 Å². The summed E-state index contributed by atoms with van der Waals surface area (Å²) in [6.45, 7) is 5.06. The number of amides is 1. The number of carbonyl (C=O) groups excluding carboxylic acids is 1. The van der Waals surface area contributed by atoms with Crippen LogP contribution in [0.1, 0.15) is 33.6 Å². The van der Waals surface area contributed by atoms with Gasteiger partial charge in [0.15, 0.2) is 0 Å². The van der Waals surface area contributed by atoms with Gasteiger partial charge in [-0.05, 0) is 33.6 Å². The van der Waals surface area contributed by atoms with Crippen molar-refractivity contribution in [3.05, 3.63) is 0 Å². The number of carboxylic acids is 1. The highest BCUT2D eigenvalue weighted by atomic mass is 32.2. The maximum absolute atomic E-state index is 12.5. The normalized spacial score (nSPS) is 20.9. The smallest absolute Gasteiger partial charge is 0.323 e. The highest BCUT2D eigenvalue weighted by Gasteiger charge is 2.41. The molecule has 1 unspecified atom stereocenters. The Morgan fingerprint density at radius 1 is 1.35 bits per heavy atom. The molecule has 1 aliphatic rings. The number of sulfonamides is 1. The molecule has 0 bridgehead atoms. The zero-order valence-corrected chi connectivity index (χ0v) is 13.1. The number of nitrogens with zero attached hydrogens (tertiary/aromatic N) is 2. The molecule has 20 heavy (non-hydrogen) atoms. The van der Waals surface area contributed by atoms with Gasteiger partial charge in [-0.2, -0.15) is 4.31 Å². The lowest BCUT2D eigenvalue weighted by molar-refractivity contribution is -0.150. The van der Waals surface area contributed by atoms with Crippen LogP contribution < -0.4 is 0 Å². The first-order valence-electron chi connectivity index (χ1n) is 6.44. The fourth-order valence-corrected chi connectivity index (χ4v) is 3.46. The number of carbonyl (C=O) groups is 2. The van der Waals surface area contributed by atoms with Crippen molar-refractivity contribution in [2.24, 2.45) is 0 Å². The number of hydrogen-bond acceptors (Lipinski definition) is 4. The third-order valence-electron chi connectivity index (χ3n) is 3.28. The van der Waals surface area contributed by atoms with E-state index in [1.54, 1.807) is 20.8 Å². The third kappa shape index (κ3) is 3.92. The Hall–Kier alpha value is -1.15. The van der Waals surface area contributed by atoms with Crippen molar-refractivity contribution in [1.82, 2.24) is 9.21 Å². The van der Waals surface area contributed by atoms with Crippen LogP contribution in [0.4, 0.5) is 0 Å². The molecule has 0 radical (unpaired) electrons. The highest BCUT2D eigenvalue weighted by molar-refractivity contribution is 7.88. The van der Waals surface area contributed by atoms with Gasteiger partial charge in [0.05, 0.1) is 6.26 Å². The lowest BCUT2D eigenvalue weighted by atomic mass is 10.0. The summed E-state index contributed by atoms with van der Waals surface area (Å²) < 4.78 is 24.5. The van der Waals surface area contributed by atoms with Crippen LogP contribution in [-0.4, -0.2) is 65.5 Å². The SMILES string of the molecule is CC(C)(C)N(CC(=O)O)C(=O)C1CCCN1S(C)(=O)=O. The minimum atomic E-state index is -3.47. The van der Waals surface area contributed by atoms with Crippen molar-refractivity contribution in [3.63, 3.8) is 0 Å². The highest BCUT2D eigenvalue weighted by Crippen LogP contribution is 2.25. The van der Waals surface area contributed by atoms with Gasteiger partial charge in [-0.3, -0.25) is 9.59 Å². The van der Waals surface area contributed by atoms with E-state index in [0.29, 0.717) is 19.4 Å². The topological polar surface area (TPSA) is 95.0 Å². The first kappa shape index (κ1) is 16.9. The van der Waals surface area contributed by atoms with E-state index in [9.17, 15) is 18.0 Å². The second kappa shape index (κ2) is 5.69. The fraction of sp³-hybridized carbons (Fsp3) is 0.833. The van der Waals surface area contributed by atoms with Gasteiger partial charge in [0.25, 0.3) is 0 Å². The molecule has 0 aliphatic carbocycles. The zero-order valence-electron chi connectivity index (χ0n) is 12.3. The Kier molecular flexibility index (Phi) is 4.81. The van der Waals surface area contributed by atoms with Crippen molar-refractivity contribution >= 4 is 21.9 Å². The van der Waals surface area contributed by atoms with E-state index in [-0.39, 0.29) is 0 Å². The Morgan fingerprint density at radius 3 is 2.30 bits per heavy atom. The number of aliphatic carboxylic acids is 1. The zero-order chi connectivity index (χ0) is 15.7. The minimum absolute atomic E-state index is 0.306. The summed E-state index contributed by atoms with van der Waals surface area (Å²) in [5, 5.41) is 8.94. The van der Waals surface area contributed by atoms with Gasteiger partial charge in [-0.15, -0.1) is 0 Å². The molecule has 0 aromatic heterocycles. The molecule has 116 valence electrons. The predicted octanol–water partition coefficient (Wildman–Crippen LogP) is 0.122. The molecular weight excluding hydrogens is 284 g/mol. The van der Waals surface area contributed by atoms with Crippen molar-refractivity contribution in [1.29, 1.82) is 0 Å². The van der Waals surface area contributed by atoms with Crippen LogP contribution in [-0.2, 0) is 19.6 Å². The van der Waals surface area contributed by atoms with E-state index in [4.69, 9.17) is 5.11 Å². The number of hydrogen-bond donors (Lipinski definition) is 1. The average molecular weight is 306 g/mol. The van der Waals surface area contributed by atoms with Gasteiger partial charge in [-0.25, -0.2) is 8.42 Å². The molecule has 1 heterocycles. The minimum Gasteiger partial charge on any atom is -0.480 e. The lowest BCUT2D eigenvalue weighted by Crippen LogP contribution is -2.55. The van der Waals surface area contributed by atoms with Crippen LogP contribution in [0.25, 0.3) is 0 Å². The maximum atomic E-state index is 12.5. The van der Waals surface area contributed by atoms with E-state index in [1.807, 2.05) is 0 Å². The first-order valence-corrected chi connectivity index (χ1v) is 8.29.